The molecule has 0 aliphatic rings. The third-order valence-corrected chi connectivity index (χ3v) is 4.48. The molecule has 2 rings (SSSR count). The van der Waals surface area contributed by atoms with Crippen molar-refractivity contribution < 1.29 is 4.79 Å². The van der Waals surface area contributed by atoms with Gasteiger partial charge >= 0.3 is 5.69 Å². The fourth-order valence-electron chi connectivity index (χ4n) is 1.29. The van der Waals surface area contributed by atoms with Gasteiger partial charge in [0.1, 0.15) is 4.88 Å². The molecule has 9 heteroatoms. The van der Waals surface area contributed by atoms with Gasteiger partial charge < -0.3 is 0 Å². The number of halogens is 1. The van der Waals surface area contributed by atoms with Crippen molar-refractivity contribution >= 4 is 41.0 Å². The number of carbonyl (C=O) groups excluding carboxylic acids is 1. The van der Waals surface area contributed by atoms with Gasteiger partial charge in [-0.3, -0.25) is 9.36 Å². The van der Waals surface area contributed by atoms with Crippen LogP contribution < -0.4 is 5.69 Å². The molecule has 0 aliphatic carbocycles. The summed E-state index contributed by atoms with van der Waals surface area (Å²) in [6.45, 7) is 2.55. The van der Waals surface area contributed by atoms with Crippen LogP contribution in [0.5, 0.6) is 0 Å². The molecule has 0 aliphatic heterocycles. The van der Waals surface area contributed by atoms with Gasteiger partial charge in [-0.2, -0.15) is 0 Å². The summed E-state index contributed by atoms with van der Waals surface area (Å²) in [6.07, 6.45) is 1.49. The number of thiazole rings is 1. The van der Waals surface area contributed by atoms with E-state index in [4.69, 9.17) is 11.6 Å². The Bertz CT molecular complexity index is 618. The standard InChI is InChI=1S/C9H9ClN4O2S2/c1-2-3-14-7(16)12-13-8(14)18-9-11-6(10)5(4-15)17-9/h4H,2-3H2,1H3,(H,12,16). The maximum atomic E-state index is 11.5. The van der Waals surface area contributed by atoms with Gasteiger partial charge in [-0.1, -0.05) is 18.5 Å². The molecule has 0 amide bonds. The summed E-state index contributed by atoms with van der Waals surface area (Å²) in [6, 6.07) is 0. The zero-order chi connectivity index (χ0) is 13.1. The molecule has 0 spiro atoms. The van der Waals surface area contributed by atoms with Crippen LogP contribution in [0.25, 0.3) is 0 Å². The average molecular weight is 305 g/mol. The first-order valence-corrected chi connectivity index (χ1v) is 7.11. The van der Waals surface area contributed by atoms with Crippen molar-refractivity contribution in [3.05, 3.63) is 20.5 Å². The van der Waals surface area contributed by atoms with Crippen LogP contribution in [0.3, 0.4) is 0 Å². The molecule has 0 fully saturated rings. The number of nitrogens with one attached hydrogen (secondary N) is 1. The minimum absolute atomic E-state index is 0.178. The first kappa shape index (κ1) is 13.3. The number of hydrogen-bond donors (Lipinski definition) is 1. The lowest BCUT2D eigenvalue weighted by atomic mass is 10.5. The molecule has 0 atom stereocenters. The highest BCUT2D eigenvalue weighted by Crippen LogP contribution is 2.32. The highest BCUT2D eigenvalue weighted by molar-refractivity contribution is 8.00. The molecule has 0 saturated carbocycles. The Morgan fingerprint density at radius 2 is 2.39 bits per heavy atom. The van der Waals surface area contributed by atoms with E-state index in [1.54, 1.807) is 0 Å². The van der Waals surface area contributed by atoms with Crippen LogP contribution >= 0.6 is 34.7 Å². The molecule has 0 saturated heterocycles. The van der Waals surface area contributed by atoms with Crippen molar-refractivity contribution in [2.45, 2.75) is 29.4 Å². The molecule has 2 aromatic rings. The van der Waals surface area contributed by atoms with E-state index in [0.29, 0.717) is 27.2 Å². The predicted molar refractivity (Wildman–Crippen MR) is 69.8 cm³/mol. The molecular weight excluding hydrogens is 296 g/mol. The van der Waals surface area contributed by atoms with Crippen molar-refractivity contribution in [3.8, 4) is 0 Å². The van der Waals surface area contributed by atoms with Crippen molar-refractivity contribution in [3.63, 3.8) is 0 Å². The van der Waals surface area contributed by atoms with Gasteiger partial charge in [0.2, 0.25) is 0 Å². The topological polar surface area (TPSA) is 80.6 Å². The summed E-state index contributed by atoms with van der Waals surface area (Å²) in [5.74, 6) is 0. The Morgan fingerprint density at radius 3 is 3.00 bits per heavy atom. The van der Waals surface area contributed by atoms with E-state index in [1.807, 2.05) is 6.92 Å². The Morgan fingerprint density at radius 1 is 1.61 bits per heavy atom. The maximum Gasteiger partial charge on any atom is 0.343 e. The summed E-state index contributed by atoms with van der Waals surface area (Å²) in [7, 11) is 0. The highest BCUT2D eigenvalue weighted by Gasteiger charge is 2.14. The molecule has 0 radical (unpaired) electrons. The van der Waals surface area contributed by atoms with Gasteiger partial charge in [0.15, 0.2) is 20.9 Å². The van der Waals surface area contributed by atoms with E-state index < -0.39 is 0 Å². The quantitative estimate of drug-likeness (QED) is 0.855. The molecule has 6 nitrogen and oxygen atoms in total. The van der Waals surface area contributed by atoms with Gasteiger partial charge in [-0.05, 0) is 18.2 Å². The minimum Gasteiger partial charge on any atom is -0.297 e. The van der Waals surface area contributed by atoms with Crippen molar-refractivity contribution in [2.75, 3.05) is 0 Å². The number of rotatable bonds is 5. The van der Waals surface area contributed by atoms with Crippen LogP contribution in [0, 0.1) is 0 Å². The summed E-state index contributed by atoms with van der Waals surface area (Å²) in [5, 5.41) is 7.00. The van der Waals surface area contributed by atoms with Gasteiger partial charge in [0, 0.05) is 6.54 Å². The van der Waals surface area contributed by atoms with Gasteiger partial charge in [0.05, 0.1) is 0 Å². The lowest BCUT2D eigenvalue weighted by molar-refractivity contribution is 0.112. The lowest BCUT2D eigenvalue weighted by Crippen LogP contribution is -2.17. The van der Waals surface area contributed by atoms with Crippen LogP contribution in [0.2, 0.25) is 5.15 Å². The number of aromatic nitrogens is 4. The van der Waals surface area contributed by atoms with Crippen molar-refractivity contribution in [1.29, 1.82) is 0 Å². The van der Waals surface area contributed by atoms with E-state index in [0.717, 1.165) is 6.42 Å². The smallest absolute Gasteiger partial charge is 0.297 e. The van der Waals surface area contributed by atoms with Gasteiger partial charge in [-0.25, -0.2) is 14.9 Å². The SMILES string of the molecule is CCCn1c(Sc2nc(Cl)c(C=O)s2)n[nH]c1=O. The van der Waals surface area contributed by atoms with Crippen molar-refractivity contribution in [2.24, 2.45) is 0 Å². The number of aldehydes is 1. The Balaban J connectivity index is 2.28. The average Bonchev–Trinajstić information content (AvgIpc) is 2.86. The summed E-state index contributed by atoms with van der Waals surface area (Å²) < 4.78 is 2.11. The van der Waals surface area contributed by atoms with E-state index in [9.17, 15) is 9.59 Å². The van der Waals surface area contributed by atoms with Crippen LogP contribution in [0.1, 0.15) is 23.0 Å². The zero-order valence-corrected chi connectivity index (χ0v) is 11.7. The van der Waals surface area contributed by atoms with E-state index in [-0.39, 0.29) is 10.8 Å². The second-order valence-corrected chi connectivity index (χ2v) is 5.92. The molecular formula is C9H9ClN4O2S2. The second kappa shape index (κ2) is 5.68. The number of hydrogen-bond acceptors (Lipinski definition) is 6. The van der Waals surface area contributed by atoms with E-state index in [2.05, 4.69) is 15.2 Å². The van der Waals surface area contributed by atoms with Crippen molar-refractivity contribution in [1.82, 2.24) is 19.7 Å². The summed E-state index contributed by atoms with van der Waals surface area (Å²) in [4.78, 5) is 26.6. The van der Waals surface area contributed by atoms with Gasteiger partial charge in [0.25, 0.3) is 0 Å². The lowest BCUT2D eigenvalue weighted by Gasteiger charge is -2.00. The molecule has 0 bridgehead atoms. The highest BCUT2D eigenvalue weighted by atomic mass is 35.5. The normalized spacial score (nSPS) is 10.8. The van der Waals surface area contributed by atoms with Crippen LogP contribution in [-0.4, -0.2) is 26.0 Å². The van der Waals surface area contributed by atoms with E-state index >= 15 is 0 Å². The minimum atomic E-state index is -0.252. The number of nitrogens with zero attached hydrogens (tertiary/aromatic N) is 3. The second-order valence-electron chi connectivity index (χ2n) is 3.32. The third-order valence-electron chi connectivity index (χ3n) is 2.05. The third kappa shape index (κ3) is 2.65. The molecule has 96 valence electrons. The predicted octanol–water partition coefficient (Wildman–Crippen LogP) is 2.05. The maximum absolute atomic E-state index is 11.5. The number of H-pyrrole nitrogens is 1. The molecule has 18 heavy (non-hydrogen) atoms. The zero-order valence-electron chi connectivity index (χ0n) is 9.34. The van der Waals surface area contributed by atoms with Crippen LogP contribution in [0.15, 0.2) is 14.3 Å². The molecule has 0 unspecified atom stereocenters. The Labute approximate surface area is 115 Å². The fraction of sp³-hybridized carbons (Fsp3) is 0.333. The monoisotopic (exact) mass is 304 g/mol. The molecule has 1 N–H and O–H groups in total. The Hall–Kier alpha value is -1.12. The number of carbonyl (C=O) groups is 1. The van der Waals surface area contributed by atoms with E-state index in [1.165, 1.54) is 27.7 Å². The summed E-state index contributed by atoms with van der Waals surface area (Å²) >= 11 is 8.16. The molecule has 2 aromatic heterocycles. The summed E-state index contributed by atoms with van der Waals surface area (Å²) in [5.41, 5.74) is -0.252. The van der Waals surface area contributed by atoms with Gasteiger partial charge in [-0.15, -0.1) is 16.4 Å². The fourth-order valence-corrected chi connectivity index (χ4v) is 3.47. The van der Waals surface area contributed by atoms with Crippen LogP contribution in [-0.2, 0) is 6.54 Å². The first-order valence-electron chi connectivity index (χ1n) is 5.10. The molecule has 0 aromatic carbocycles. The first-order chi connectivity index (χ1) is 8.65. The molecule has 2 heterocycles. The largest absolute Gasteiger partial charge is 0.343 e. The van der Waals surface area contributed by atoms with Crippen LogP contribution in [0.4, 0.5) is 0 Å². The Kier molecular flexibility index (Phi) is 4.20. The number of aromatic amines is 1.